The molecule has 0 aliphatic heterocycles. The van der Waals surface area contributed by atoms with E-state index in [1.165, 1.54) is 32.1 Å². The van der Waals surface area contributed by atoms with Crippen LogP contribution in [0.15, 0.2) is 0 Å². The van der Waals surface area contributed by atoms with E-state index < -0.39 is 0 Å². The van der Waals surface area contributed by atoms with Crippen LogP contribution in [0.25, 0.3) is 0 Å². The zero-order chi connectivity index (χ0) is 12.5. The van der Waals surface area contributed by atoms with Crippen LogP contribution < -0.4 is 5.73 Å². The van der Waals surface area contributed by atoms with E-state index in [0.29, 0.717) is 6.04 Å². The lowest BCUT2D eigenvalue weighted by Gasteiger charge is -2.35. The molecule has 3 heteroatoms. The van der Waals surface area contributed by atoms with Gasteiger partial charge in [-0.2, -0.15) is 0 Å². The van der Waals surface area contributed by atoms with Crippen LogP contribution in [0.4, 0.5) is 0 Å². The van der Waals surface area contributed by atoms with Gasteiger partial charge in [0, 0.05) is 32.3 Å². The highest BCUT2D eigenvalue weighted by Gasteiger charge is 2.21. The van der Waals surface area contributed by atoms with Crippen molar-refractivity contribution in [2.45, 2.75) is 64.0 Å². The summed E-state index contributed by atoms with van der Waals surface area (Å²) in [7, 11) is 1.76. The first-order chi connectivity index (χ1) is 8.27. The zero-order valence-corrected chi connectivity index (χ0v) is 11.7. The maximum Gasteiger partial charge on any atom is 0.0462 e. The predicted octanol–water partition coefficient (Wildman–Crippen LogP) is 2.39. The van der Waals surface area contributed by atoms with Gasteiger partial charge in [0.05, 0.1) is 0 Å². The Bertz CT molecular complexity index is 181. The lowest BCUT2D eigenvalue weighted by Crippen LogP contribution is -2.44. The third-order valence-electron chi connectivity index (χ3n) is 3.89. The van der Waals surface area contributed by atoms with Gasteiger partial charge in [0.25, 0.3) is 0 Å². The molecule has 1 aliphatic rings. The minimum atomic E-state index is 0.312. The van der Waals surface area contributed by atoms with Gasteiger partial charge in [0.2, 0.25) is 0 Å². The molecule has 1 atom stereocenters. The van der Waals surface area contributed by atoms with Crippen LogP contribution in [0.2, 0.25) is 0 Å². The number of hydrogen-bond acceptors (Lipinski definition) is 3. The number of nitrogens with zero attached hydrogens (tertiary/aromatic N) is 1. The first-order valence-corrected chi connectivity index (χ1v) is 7.26. The Kier molecular flexibility index (Phi) is 7.82. The number of nitrogens with two attached hydrogens (primary N) is 1. The molecule has 3 nitrogen and oxygen atoms in total. The highest BCUT2D eigenvalue weighted by Crippen LogP contribution is 2.22. The molecule has 1 unspecified atom stereocenters. The van der Waals surface area contributed by atoms with Crippen LogP contribution in [0.3, 0.4) is 0 Å². The molecule has 0 amide bonds. The Morgan fingerprint density at radius 3 is 2.59 bits per heavy atom. The van der Waals surface area contributed by atoms with Gasteiger partial charge in [-0.3, -0.25) is 4.90 Å². The average molecular weight is 242 g/mol. The van der Waals surface area contributed by atoms with Crippen LogP contribution in [0.5, 0.6) is 0 Å². The number of rotatable bonds is 8. The van der Waals surface area contributed by atoms with Crippen molar-refractivity contribution in [2.24, 2.45) is 5.73 Å². The molecule has 1 rings (SSSR count). The van der Waals surface area contributed by atoms with E-state index in [4.69, 9.17) is 10.5 Å². The minimum Gasteiger partial charge on any atom is -0.385 e. The Hall–Kier alpha value is -0.120. The number of hydrogen-bond donors (Lipinski definition) is 1. The molecule has 1 fully saturated rings. The summed E-state index contributed by atoms with van der Waals surface area (Å²) in [5.74, 6) is 0. The van der Waals surface area contributed by atoms with Crippen molar-refractivity contribution < 1.29 is 4.74 Å². The second kappa shape index (κ2) is 8.90. The Morgan fingerprint density at radius 2 is 2.00 bits per heavy atom. The molecule has 0 saturated heterocycles. The number of methoxy groups -OCH3 is 1. The summed E-state index contributed by atoms with van der Waals surface area (Å²) in [6, 6.07) is 1.11. The Labute approximate surface area is 107 Å². The van der Waals surface area contributed by atoms with E-state index >= 15 is 0 Å². The molecular formula is C14H30N2O. The molecule has 17 heavy (non-hydrogen) atoms. The van der Waals surface area contributed by atoms with E-state index in [2.05, 4.69) is 11.8 Å². The summed E-state index contributed by atoms with van der Waals surface area (Å²) in [6.45, 7) is 5.30. The van der Waals surface area contributed by atoms with Crippen LogP contribution in [0.1, 0.15) is 51.9 Å². The second-order valence-electron chi connectivity index (χ2n) is 5.27. The molecule has 1 saturated carbocycles. The van der Waals surface area contributed by atoms with Crippen molar-refractivity contribution in [1.29, 1.82) is 0 Å². The highest BCUT2D eigenvalue weighted by atomic mass is 16.5. The van der Waals surface area contributed by atoms with Gasteiger partial charge in [-0.05, 0) is 32.2 Å². The van der Waals surface area contributed by atoms with E-state index in [0.717, 1.165) is 38.6 Å². The third kappa shape index (κ3) is 5.84. The molecule has 0 heterocycles. The summed E-state index contributed by atoms with van der Waals surface area (Å²) >= 11 is 0. The quantitative estimate of drug-likeness (QED) is 0.664. The van der Waals surface area contributed by atoms with E-state index in [9.17, 15) is 0 Å². The molecule has 0 spiro atoms. The van der Waals surface area contributed by atoms with E-state index in [1.807, 2.05) is 0 Å². The maximum atomic E-state index is 6.20. The van der Waals surface area contributed by atoms with Gasteiger partial charge in [-0.1, -0.05) is 26.2 Å². The summed E-state index contributed by atoms with van der Waals surface area (Å²) in [5, 5.41) is 0. The van der Waals surface area contributed by atoms with Gasteiger partial charge in [-0.25, -0.2) is 0 Å². The van der Waals surface area contributed by atoms with E-state index in [-0.39, 0.29) is 0 Å². The summed E-state index contributed by atoms with van der Waals surface area (Å²) in [6.07, 6.45) is 9.14. The molecular weight excluding hydrogens is 212 g/mol. The maximum absolute atomic E-state index is 6.20. The minimum absolute atomic E-state index is 0.312. The number of likely N-dealkylation sites (N-methyl/N-ethyl adjacent to an activating group) is 1. The molecule has 0 aromatic heterocycles. The lowest BCUT2D eigenvalue weighted by atomic mass is 9.93. The van der Waals surface area contributed by atoms with Crippen LogP contribution in [-0.4, -0.2) is 43.8 Å². The Balaban J connectivity index is 2.24. The zero-order valence-electron chi connectivity index (χ0n) is 11.7. The first kappa shape index (κ1) is 14.9. The van der Waals surface area contributed by atoms with Crippen molar-refractivity contribution >= 4 is 0 Å². The van der Waals surface area contributed by atoms with E-state index in [1.54, 1.807) is 7.11 Å². The fourth-order valence-electron chi connectivity index (χ4n) is 2.86. The van der Waals surface area contributed by atoms with Crippen LogP contribution >= 0.6 is 0 Å². The SMILES string of the molecule is CCN(CC(N)CCCOC)C1CCCCC1. The number of ether oxygens (including phenoxy) is 1. The topological polar surface area (TPSA) is 38.5 Å². The molecule has 0 bridgehead atoms. The fraction of sp³-hybridized carbons (Fsp3) is 1.00. The van der Waals surface area contributed by atoms with Gasteiger partial charge in [0.1, 0.15) is 0 Å². The average Bonchev–Trinajstić information content (AvgIpc) is 2.37. The predicted molar refractivity (Wildman–Crippen MR) is 73.2 cm³/mol. The molecule has 0 radical (unpaired) electrons. The summed E-state index contributed by atoms with van der Waals surface area (Å²) < 4.78 is 5.07. The van der Waals surface area contributed by atoms with Crippen molar-refractivity contribution in [2.75, 3.05) is 26.8 Å². The van der Waals surface area contributed by atoms with Crippen LogP contribution in [0, 0.1) is 0 Å². The monoisotopic (exact) mass is 242 g/mol. The fourth-order valence-corrected chi connectivity index (χ4v) is 2.86. The van der Waals surface area contributed by atoms with Gasteiger partial charge >= 0.3 is 0 Å². The van der Waals surface area contributed by atoms with Crippen molar-refractivity contribution in [3.63, 3.8) is 0 Å². The molecule has 1 aliphatic carbocycles. The summed E-state index contributed by atoms with van der Waals surface area (Å²) in [4.78, 5) is 2.59. The van der Waals surface area contributed by atoms with Crippen molar-refractivity contribution in [3.05, 3.63) is 0 Å². The highest BCUT2D eigenvalue weighted by molar-refractivity contribution is 4.78. The standard InChI is InChI=1S/C14H30N2O/c1-3-16(14-9-5-4-6-10-14)12-13(15)8-7-11-17-2/h13-14H,3-12,15H2,1-2H3. The lowest BCUT2D eigenvalue weighted by molar-refractivity contribution is 0.147. The van der Waals surface area contributed by atoms with Gasteiger partial charge in [0.15, 0.2) is 0 Å². The summed E-state index contributed by atoms with van der Waals surface area (Å²) in [5.41, 5.74) is 6.20. The van der Waals surface area contributed by atoms with Crippen LogP contribution in [-0.2, 0) is 4.74 Å². The van der Waals surface area contributed by atoms with Gasteiger partial charge in [-0.15, -0.1) is 0 Å². The largest absolute Gasteiger partial charge is 0.385 e. The third-order valence-corrected chi connectivity index (χ3v) is 3.89. The molecule has 2 N–H and O–H groups in total. The van der Waals surface area contributed by atoms with Crippen molar-refractivity contribution in [1.82, 2.24) is 4.90 Å². The van der Waals surface area contributed by atoms with Gasteiger partial charge < -0.3 is 10.5 Å². The smallest absolute Gasteiger partial charge is 0.0462 e. The first-order valence-electron chi connectivity index (χ1n) is 7.26. The normalized spacial score (nSPS) is 19.8. The molecule has 0 aromatic carbocycles. The second-order valence-corrected chi connectivity index (χ2v) is 5.27. The Morgan fingerprint density at radius 1 is 1.29 bits per heavy atom. The van der Waals surface area contributed by atoms with Crippen molar-refractivity contribution in [3.8, 4) is 0 Å². The molecule has 0 aromatic rings. The molecule has 102 valence electrons.